The third-order valence-corrected chi connectivity index (χ3v) is 3.63. The van der Waals surface area contributed by atoms with Crippen molar-refractivity contribution in [3.05, 3.63) is 12.2 Å². The summed E-state index contributed by atoms with van der Waals surface area (Å²) in [5.74, 6) is 0.636. The molecule has 0 atom stereocenters. The standard InChI is InChI=1S/C10H18ClN4/c11-3-1-2-4-15-8-12-5-13(9-15)7-14(6-12)10-15/h1-2H,3-10H2/q+1/b2-1+. The van der Waals surface area contributed by atoms with Crippen LogP contribution in [0.1, 0.15) is 0 Å². The number of quaternary nitrogens is 1. The molecule has 0 N–H and O–H groups in total. The minimum atomic E-state index is 0.636. The number of hydrogen-bond donors (Lipinski definition) is 0. The Balaban J connectivity index is 1.72. The molecule has 0 aromatic heterocycles. The van der Waals surface area contributed by atoms with Crippen molar-refractivity contribution >= 4 is 11.6 Å². The maximum atomic E-state index is 5.66. The first kappa shape index (κ1) is 10.1. The van der Waals surface area contributed by atoms with Crippen LogP contribution in [0.3, 0.4) is 0 Å². The molecule has 4 heterocycles. The monoisotopic (exact) mass is 229 g/mol. The highest BCUT2D eigenvalue weighted by molar-refractivity contribution is 6.18. The highest BCUT2D eigenvalue weighted by Gasteiger charge is 2.47. The second-order valence-corrected chi connectivity index (χ2v) is 5.32. The average molecular weight is 230 g/mol. The minimum Gasteiger partial charge on any atom is -0.283 e. The van der Waals surface area contributed by atoms with Crippen LogP contribution in [0.2, 0.25) is 0 Å². The van der Waals surface area contributed by atoms with E-state index >= 15 is 0 Å². The zero-order valence-corrected chi connectivity index (χ0v) is 9.73. The zero-order chi connectivity index (χ0) is 10.3. The van der Waals surface area contributed by atoms with Gasteiger partial charge in [0.2, 0.25) is 0 Å². The van der Waals surface area contributed by atoms with E-state index in [2.05, 4.69) is 26.9 Å². The maximum absolute atomic E-state index is 5.66. The molecule has 4 nitrogen and oxygen atoms in total. The molecule has 15 heavy (non-hydrogen) atoms. The number of nitrogens with zero attached hydrogens (tertiary/aromatic N) is 4. The van der Waals surface area contributed by atoms with E-state index in [1.165, 1.54) is 24.5 Å². The van der Waals surface area contributed by atoms with Gasteiger partial charge >= 0.3 is 0 Å². The molecule has 4 rings (SSSR count). The molecular weight excluding hydrogens is 212 g/mol. The summed E-state index contributed by atoms with van der Waals surface area (Å²) < 4.78 is 1.17. The van der Waals surface area contributed by atoms with Crippen molar-refractivity contribution < 1.29 is 4.48 Å². The maximum Gasteiger partial charge on any atom is 0.139 e. The van der Waals surface area contributed by atoms with E-state index in [9.17, 15) is 0 Å². The van der Waals surface area contributed by atoms with Crippen LogP contribution in [0.25, 0.3) is 0 Å². The SMILES string of the molecule is ClC/C=C/C[N+]12CN3CN(CN(C3)C1)C2. The van der Waals surface area contributed by atoms with Gasteiger partial charge in [0.25, 0.3) is 0 Å². The van der Waals surface area contributed by atoms with Crippen LogP contribution in [0.5, 0.6) is 0 Å². The summed E-state index contributed by atoms with van der Waals surface area (Å²) in [5.41, 5.74) is 0. The Morgan fingerprint density at radius 3 is 1.93 bits per heavy atom. The van der Waals surface area contributed by atoms with Crippen LogP contribution in [0.4, 0.5) is 0 Å². The Hall–Kier alpha value is -0.130. The molecule has 5 heteroatoms. The molecule has 0 amide bonds. The van der Waals surface area contributed by atoms with Crippen molar-refractivity contribution in [3.63, 3.8) is 0 Å². The van der Waals surface area contributed by atoms with E-state index in [0.717, 1.165) is 26.6 Å². The lowest BCUT2D eigenvalue weighted by Crippen LogP contribution is -2.79. The summed E-state index contributed by atoms with van der Waals surface area (Å²) in [6.45, 7) is 8.23. The van der Waals surface area contributed by atoms with Crippen molar-refractivity contribution in [2.75, 3.05) is 52.4 Å². The van der Waals surface area contributed by atoms with Crippen molar-refractivity contribution in [2.45, 2.75) is 0 Å². The molecule has 0 aromatic rings. The second-order valence-electron chi connectivity index (χ2n) is 5.01. The van der Waals surface area contributed by atoms with Crippen molar-refractivity contribution in [1.29, 1.82) is 0 Å². The van der Waals surface area contributed by atoms with Gasteiger partial charge in [0.15, 0.2) is 0 Å². The molecule has 4 fully saturated rings. The first-order chi connectivity index (χ1) is 7.30. The lowest BCUT2D eigenvalue weighted by Gasteiger charge is -2.60. The summed E-state index contributed by atoms with van der Waals surface area (Å²) in [7, 11) is 0. The van der Waals surface area contributed by atoms with E-state index in [1.54, 1.807) is 0 Å². The molecule has 0 saturated carbocycles. The van der Waals surface area contributed by atoms with Gasteiger partial charge in [-0.3, -0.25) is 4.48 Å². The molecular formula is C10H18ClN4+. The number of allylic oxidation sites excluding steroid dienone is 1. The zero-order valence-electron chi connectivity index (χ0n) is 8.98. The smallest absolute Gasteiger partial charge is 0.139 e. The topological polar surface area (TPSA) is 9.72 Å². The highest BCUT2D eigenvalue weighted by atomic mass is 35.5. The van der Waals surface area contributed by atoms with Gasteiger partial charge in [-0.1, -0.05) is 6.08 Å². The van der Waals surface area contributed by atoms with E-state index < -0.39 is 0 Å². The fraction of sp³-hybridized carbons (Fsp3) is 0.800. The second kappa shape index (κ2) is 3.71. The van der Waals surface area contributed by atoms with Crippen molar-refractivity contribution in [1.82, 2.24) is 14.7 Å². The number of alkyl halides is 1. The van der Waals surface area contributed by atoms with Gasteiger partial charge in [0.1, 0.15) is 26.6 Å². The molecule has 4 saturated heterocycles. The quantitative estimate of drug-likeness (QED) is 0.391. The molecule has 0 aliphatic carbocycles. The Bertz CT molecular complexity index is 243. The van der Waals surface area contributed by atoms with Crippen molar-refractivity contribution in [3.8, 4) is 0 Å². The van der Waals surface area contributed by atoms with Gasteiger partial charge in [0.05, 0.1) is 20.0 Å². The summed E-state index contributed by atoms with van der Waals surface area (Å²) in [4.78, 5) is 7.60. The molecule has 4 aliphatic rings. The van der Waals surface area contributed by atoms with Crippen LogP contribution >= 0.6 is 11.6 Å². The molecule has 0 radical (unpaired) electrons. The molecule has 0 unspecified atom stereocenters. The summed E-state index contributed by atoms with van der Waals surface area (Å²) in [6.07, 6.45) is 4.31. The molecule has 0 aromatic carbocycles. The normalized spacial score (nSPS) is 47.9. The third-order valence-electron chi connectivity index (χ3n) is 3.45. The molecule has 84 valence electrons. The van der Waals surface area contributed by atoms with E-state index in [0.29, 0.717) is 5.88 Å². The van der Waals surface area contributed by atoms with E-state index in [-0.39, 0.29) is 0 Å². The largest absolute Gasteiger partial charge is 0.283 e. The Morgan fingerprint density at radius 2 is 1.47 bits per heavy atom. The first-order valence-corrected chi connectivity index (χ1v) is 6.06. The number of hydrogen-bond acceptors (Lipinski definition) is 3. The van der Waals surface area contributed by atoms with Gasteiger partial charge < -0.3 is 0 Å². The predicted octanol–water partition coefficient (Wildman–Crippen LogP) is 0.290. The molecule has 0 spiro atoms. The Morgan fingerprint density at radius 1 is 0.933 bits per heavy atom. The number of halogens is 1. The van der Waals surface area contributed by atoms with Gasteiger partial charge in [-0.25, -0.2) is 14.7 Å². The fourth-order valence-electron chi connectivity index (χ4n) is 3.19. The summed E-state index contributed by atoms with van der Waals surface area (Å²) in [5, 5.41) is 0. The van der Waals surface area contributed by atoms with Gasteiger partial charge in [-0.05, 0) is 6.08 Å². The Kier molecular flexibility index (Phi) is 2.49. The lowest BCUT2D eigenvalue weighted by molar-refractivity contribution is -0.975. The average Bonchev–Trinajstić information content (AvgIpc) is 2.15. The highest BCUT2D eigenvalue weighted by Crippen LogP contribution is 2.28. The fourth-order valence-corrected chi connectivity index (χ4v) is 3.32. The Labute approximate surface area is 95.9 Å². The van der Waals surface area contributed by atoms with Gasteiger partial charge in [-0.15, -0.1) is 11.6 Å². The summed E-state index contributed by atoms with van der Waals surface area (Å²) >= 11 is 5.66. The molecule has 4 aliphatic heterocycles. The van der Waals surface area contributed by atoms with Crippen molar-refractivity contribution in [2.24, 2.45) is 0 Å². The molecule has 4 bridgehead atoms. The van der Waals surface area contributed by atoms with E-state index in [1.807, 2.05) is 0 Å². The summed E-state index contributed by atoms with van der Waals surface area (Å²) in [6, 6.07) is 0. The van der Waals surface area contributed by atoms with Gasteiger partial charge in [0, 0.05) is 5.88 Å². The van der Waals surface area contributed by atoms with Crippen LogP contribution in [-0.4, -0.2) is 71.6 Å². The van der Waals surface area contributed by atoms with Crippen LogP contribution in [0.15, 0.2) is 12.2 Å². The lowest BCUT2D eigenvalue weighted by atomic mass is 10.3. The van der Waals surface area contributed by atoms with Crippen LogP contribution in [-0.2, 0) is 0 Å². The minimum absolute atomic E-state index is 0.636. The van der Waals surface area contributed by atoms with Gasteiger partial charge in [-0.2, -0.15) is 0 Å². The first-order valence-electron chi connectivity index (χ1n) is 5.53. The van der Waals surface area contributed by atoms with Crippen LogP contribution < -0.4 is 0 Å². The number of rotatable bonds is 3. The van der Waals surface area contributed by atoms with E-state index in [4.69, 9.17) is 11.6 Å². The predicted molar refractivity (Wildman–Crippen MR) is 59.7 cm³/mol. The van der Waals surface area contributed by atoms with Crippen LogP contribution in [0, 0.1) is 0 Å². The third kappa shape index (κ3) is 1.81.